The largest absolute Gasteiger partial charge is 0.391 e. The summed E-state index contributed by atoms with van der Waals surface area (Å²) < 4.78 is 0. The molecule has 0 saturated carbocycles. The van der Waals surface area contributed by atoms with E-state index in [1.807, 2.05) is 13.8 Å². The van der Waals surface area contributed by atoms with Crippen molar-refractivity contribution in [3.63, 3.8) is 0 Å². The summed E-state index contributed by atoms with van der Waals surface area (Å²) in [5.74, 6) is -0.862. The van der Waals surface area contributed by atoms with Gasteiger partial charge < -0.3 is 15.7 Å². The van der Waals surface area contributed by atoms with E-state index < -0.39 is 30.1 Å². The van der Waals surface area contributed by atoms with Crippen LogP contribution < -0.4 is 16.1 Å². The second-order valence-corrected chi connectivity index (χ2v) is 6.96. The van der Waals surface area contributed by atoms with E-state index in [2.05, 4.69) is 21.2 Å². The lowest BCUT2D eigenvalue weighted by Gasteiger charge is -2.32. The minimum absolute atomic E-state index is 0.0447. The number of hydrazone groups is 1. The fourth-order valence-electron chi connectivity index (χ4n) is 2.50. The van der Waals surface area contributed by atoms with Crippen LogP contribution in [-0.2, 0) is 9.59 Å². The average molecular weight is 371 g/mol. The summed E-state index contributed by atoms with van der Waals surface area (Å²) >= 11 is 0. The third-order valence-corrected chi connectivity index (χ3v) is 4.10. The summed E-state index contributed by atoms with van der Waals surface area (Å²) in [6, 6.07) is -1.85. The minimum atomic E-state index is -0.976. The molecule has 0 heterocycles. The first-order valence-corrected chi connectivity index (χ1v) is 8.67. The number of nitrogens with zero attached hydrogens (tertiary/aromatic N) is 2. The molecule has 0 saturated heterocycles. The number of carbonyl (C=O) groups excluding carboxylic acids is 3. The monoisotopic (exact) mass is 371 g/mol. The van der Waals surface area contributed by atoms with E-state index in [4.69, 9.17) is 0 Å². The lowest BCUT2D eigenvalue weighted by molar-refractivity contribution is -0.134. The van der Waals surface area contributed by atoms with Gasteiger partial charge >= 0.3 is 6.03 Å². The molecule has 3 amide bonds. The summed E-state index contributed by atoms with van der Waals surface area (Å²) in [6.07, 6.45) is 0.861. The summed E-state index contributed by atoms with van der Waals surface area (Å²) in [6.45, 7) is 6.92. The van der Waals surface area contributed by atoms with Crippen LogP contribution in [0.15, 0.2) is 5.10 Å². The van der Waals surface area contributed by atoms with Crippen LogP contribution in [0.1, 0.15) is 34.1 Å². The molecule has 0 aromatic rings. The molecule has 9 nitrogen and oxygen atoms in total. The van der Waals surface area contributed by atoms with Gasteiger partial charge in [0.15, 0.2) is 5.78 Å². The highest BCUT2D eigenvalue weighted by molar-refractivity contribution is 5.90. The zero-order valence-corrected chi connectivity index (χ0v) is 16.7. The Bertz CT molecular complexity index is 507. The van der Waals surface area contributed by atoms with Gasteiger partial charge in [-0.3, -0.25) is 14.5 Å². The van der Waals surface area contributed by atoms with Crippen LogP contribution in [0.3, 0.4) is 0 Å². The lowest BCUT2D eigenvalue weighted by Crippen LogP contribution is -2.56. The molecule has 0 aliphatic heterocycles. The normalized spacial score (nSPS) is 16.2. The molecular weight excluding hydrogens is 338 g/mol. The summed E-state index contributed by atoms with van der Waals surface area (Å²) in [5, 5.41) is 19.5. The van der Waals surface area contributed by atoms with E-state index in [0.717, 1.165) is 0 Å². The number of Topliss-reactive ketones (excluding diaryl/α,β-unsaturated/α-hetero) is 1. The fourth-order valence-corrected chi connectivity index (χ4v) is 2.50. The molecule has 0 aromatic heterocycles. The lowest BCUT2D eigenvalue weighted by atomic mass is 9.93. The molecule has 4 atom stereocenters. The van der Waals surface area contributed by atoms with Crippen LogP contribution in [0.4, 0.5) is 4.79 Å². The fraction of sp³-hybridized carbons (Fsp3) is 0.765. The number of amides is 3. The number of carbonyl (C=O) groups is 3. The maximum absolute atomic E-state index is 12.6. The van der Waals surface area contributed by atoms with Crippen LogP contribution in [-0.4, -0.2) is 73.3 Å². The van der Waals surface area contributed by atoms with E-state index in [1.54, 1.807) is 25.9 Å². The first-order chi connectivity index (χ1) is 12.0. The highest BCUT2D eigenvalue weighted by atomic mass is 16.3. The molecule has 0 unspecified atom stereocenters. The van der Waals surface area contributed by atoms with Gasteiger partial charge in [-0.2, -0.15) is 5.10 Å². The molecule has 0 aromatic carbocycles. The molecule has 0 fully saturated rings. The van der Waals surface area contributed by atoms with Crippen LogP contribution in [0.25, 0.3) is 0 Å². The van der Waals surface area contributed by atoms with Gasteiger partial charge in [-0.25, -0.2) is 10.2 Å². The SMILES string of the molecule is CNC(=O)N/N=C/C[C@@H](C)[C@@H](O)[C@H](C(=O)N[C@@H](C(C)=O)C(C)C)N(C)C. The number of urea groups is 1. The highest BCUT2D eigenvalue weighted by Gasteiger charge is 2.34. The Morgan fingerprint density at radius 3 is 2.19 bits per heavy atom. The second kappa shape index (κ2) is 11.6. The number of nitrogens with one attached hydrogen (secondary N) is 3. The first-order valence-electron chi connectivity index (χ1n) is 8.67. The van der Waals surface area contributed by atoms with Gasteiger partial charge in [0.1, 0.15) is 6.04 Å². The van der Waals surface area contributed by atoms with Crippen molar-refractivity contribution < 1.29 is 19.5 Å². The average Bonchev–Trinajstić information content (AvgIpc) is 2.54. The van der Waals surface area contributed by atoms with Crippen molar-refractivity contribution in [1.29, 1.82) is 0 Å². The molecule has 0 aliphatic carbocycles. The third kappa shape index (κ3) is 7.92. The van der Waals surface area contributed by atoms with Crippen molar-refractivity contribution in [2.75, 3.05) is 21.1 Å². The second-order valence-electron chi connectivity index (χ2n) is 6.96. The van der Waals surface area contributed by atoms with E-state index in [9.17, 15) is 19.5 Å². The van der Waals surface area contributed by atoms with Crippen LogP contribution in [0.2, 0.25) is 0 Å². The number of aliphatic hydroxyl groups is 1. The summed E-state index contributed by atoms with van der Waals surface area (Å²) in [5.41, 5.74) is 2.26. The number of rotatable bonds is 10. The maximum atomic E-state index is 12.6. The van der Waals surface area contributed by atoms with E-state index in [0.29, 0.717) is 6.42 Å². The molecule has 0 aliphatic rings. The standard InChI is InChI=1S/C17H33N5O4/c1-10(2)13(12(4)23)20-16(25)14(22(6)7)15(24)11(3)8-9-19-21-17(26)18-5/h9-11,13-15,24H,8H2,1-7H3,(H,20,25)(H2,18,21,26)/b19-9+/t11-,13-,14-,15-/m1/s1. The predicted octanol–water partition coefficient (Wildman–Crippen LogP) is -0.0517. The number of ketones is 1. The Hall–Kier alpha value is -2.00. The number of hydrogen-bond acceptors (Lipinski definition) is 6. The number of likely N-dealkylation sites (N-methyl/N-ethyl adjacent to an activating group) is 1. The quantitative estimate of drug-likeness (QED) is 0.317. The molecule has 9 heteroatoms. The van der Waals surface area contributed by atoms with Gasteiger partial charge in [-0.15, -0.1) is 0 Å². The molecule has 0 radical (unpaired) electrons. The Morgan fingerprint density at radius 1 is 1.19 bits per heavy atom. The van der Waals surface area contributed by atoms with Crippen LogP contribution in [0, 0.1) is 11.8 Å². The van der Waals surface area contributed by atoms with E-state index in [1.165, 1.54) is 20.2 Å². The molecule has 26 heavy (non-hydrogen) atoms. The Morgan fingerprint density at radius 2 is 1.77 bits per heavy atom. The van der Waals surface area contributed by atoms with Gasteiger partial charge in [0.05, 0.1) is 12.1 Å². The number of hydrogen-bond donors (Lipinski definition) is 4. The smallest absolute Gasteiger partial charge is 0.334 e. The van der Waals surface area contributed by atoms with Crippen LogP contribution >= 0.6 is 0 Å². The Balaban J connectivity index is 4.97. The molecule has 4 N–H and O–H groups in total. The molecule has 0 spiro atoms. The van der Waals surface area contributed by atoms with Gasteiger partial charge in [-0.1, -0.05) is 20.8 Å². The molecule has 150 valence electrons. The molecule has 0 rings (SSSR count). The topological polar surface area (TPSA) is 123 Å². The van der Waals surface area contributed by atoms with Gasteiger partial charge in [-0.05, 0) is 39.3 Å². The summed E-state index contributed by atoms with van der Waals surface area (Å²) in [7, 11) is 4.86. The van der Waals surface area contributed by atoms with Crippen molar-refractivity contribution in [2.45, 2.75) is 52.3 Å². The van der Waals surface area contributed by atoms with Crippen molar-refractivity contribution in [3.8, 4) is 0 Å². The molecule has 0 bridgehead atoms. The van der Waals surface area contributed by atoms with Crippen molar-refractivity contribution in [3.05, 3.63) is 0 Å². The predicted molar refractivity (Wildman–Crippen MR) is 101 cm³/mol. The Labute approximate surface area is 155 Å². The minimum Gasteiger partial charge on any atom is -0.391 e. The van der Waals surface area contributed by atoms with Crippen molar-refractivity contribution >= 4 is 23.9 Å². The highest BCUT2D eigenvalue weighted by Crippen LogP contribution is 2.15. The van der Waals surface area contributed by atoms with E-state index in [-0.39, 0.29) is 17.6 Å². The zero-order chi connectivity index (χ0) is 20.4. The summed E-state index contributed by atoms with van der Waals surface area (Å²) in [4.78, 5) is 37.0. The molecular formula is C17H33N5O4. The van der Waals surface area contributed by atoms with Gasteiger partial charge in [0, 0.05) is 13.3 Å². The third-order valence-electron chi connectivity index (χ3n) is 4.10. The number of aliphatic hydroxyl groups excluding tert-OH is 1. The van der Waals surface area contributed by atoms with Crippen molar-refractivity contribution in [2.24, 2.45) is 16.9 Å². The first kappa shape index (κ1) is 24.0. The van der Waals surface area contributed by atoms with Crippen molar-refractivity contribution in [1.82, 2.24) is 21.0 Å². The van der Waals surface area contributed by atoms with E-state index >= 15 is 0 Å². The Kier molecular flexibility index (Phi) is 10.7. The maximum Gasteiger partial charge on any atom is 0.334 e. The van der Waals surface area contributed by atoms with Gasteiger partial charge in [0.2, 0.25) is 5.91 Å². The van der Waals surface area contributed by atoms with Crippen LogP contribution in [0.5, 0.6) is 0 Å². The van der Waals surface area contributed by atoms with Gasteiger partial charge in [0.25, 0.3) is 0 Å². The zero-order valence-electron chi connectivity index (χ0n) is 16.7.